The molecular formula is C27H39N5O4. The molecule has 0 radical (unpaired) electrons. The Morgan fingerprint density at radius 1 is 0.889 bits per heavy atom. The molecule has 0 saturated heterocycles. The molecule has 9 nitrogen and oxygen atoms in total. The molecule has 196 valence electrons. The average Bonchev–Trinajstić information content (AvgIpc) is 2.85. The molecule has 36 heavy (non-hydrogen) atoms. The smallest absolute Gasteiger partial charge is 0.259 e. The van der Waals surface area contributed by atoms with Gasteiger partial charge in [0.25, 0.3) is 5.91 Å². The molecule has 0 aliphatic heterocycles. The van der Waals surface area contributed by atoms with Gasteiger partial charge in [0.05, 0.1) is 18.8 Å². The van der Waals surface area contributed by atoms with Crippen LogP contribution >= 0.6 is 0 Å². The van der Waals surface area contributed by atoms with E-state index in [4.69, 9.17) is 10.5 Å². The lowest BCUT2D eigenvalue weighted by atomic mass is 10.0. The minimum absolute atomic E-state index is 0.0738. The second-order valence-electron chi connectivity index (χ2n) is 9.61. The Morgan fingerprint density at radius 3 is 1.92 bits per heavy atom. The van der Waals surface area contributed by atoms with E-state index in [-0.39, 0.29) is 19.1 Å². The first-order valence-electron chi connectivity index (χ1n) is 11.9. The van der Waals surface area contributed by atoms with Crippen molar-refractivity contribution < 1.29 is 19.1 Å². The first-order chi connectivity index (χ1) is 16.9. The van der Waals surface area contributed by atoms with Crippen molar-refractivity contribution in [3.8, 4) is 0 Å². The molecule has 3 amide bonds. The molecule has 0 saturated carbocycles. The highest BCUT2D eigenvalue weighted by molar-refractivity contribution is 5.94. The first kappa shape index (κ1) is 29.0. The fourth-order valence-corrected chi connectivity index (χ4v) is 3.43. The zero-order valence-electron chi connectivity index (χ0n) is 22.1. The van der Waals surface area contributed by atoms with Crippen LogP contribution < -0.4 is 11.1 Å². The minimum atomic E-state index is -1.19. The van der Waals surface area contributed by atoms with Gasteiger partial charge in [0.2, 0.25) is 11.8 Å². The maximum Gasteiger partial charge on any atom is 0.259 e. The molecule has 0 bridgehead atoms. The molecule has 0 aliphatic carbocycles. The summed E-state index contributed by atoms with van der Waals surface area (Å²) in [7, 11) is 6.73. The van der Waals surface area contributed by atoms with Gasteiger partial charge in [0.15, 0.2) is 0 Å². The minimum Gasteiger partial charge on any atom is -0.374 e. The zero-order valence-corrected chi connectivity index (χ0v) is 22.1. The number of ether oxygens (including phenoxy) is 1. The van der Waals surface area contributed by atoms with E-state index < -0.39 is 29.4 Å². The first-order valence-corrected chi connectivity index (χ1v) is 11.9. The van der Waals surface area contributed by atoms with Crippen LogP contribution in [0.25, 0.3) is 0 Å². The topological polar surface area (TPSA) is 108 Å². The Morgan fingerprint density at radius 2 is 1.42 bits per heavy atom. The quantitative estimate of drug-likeness (QED) is 0.430. The number of nitrogens with one attached hydrogen (secondary N) is 1. The van der Waals surface area contributed by atoms with E-state index in [1.807, 2.05) is 60.7 Å². The summed E-state index contributed by atoms with van der Waals surface area (Å²) in [5, 5.41) is 5.83. The van der Waals surface area contributed by atoms with Gasteiger partial charge in [-0.25, -0.2) is 5.01 Å². The van der Waals surface area contributed by atoms with Crippen molar-refractivity contribution in [3.05, 3.63) is 71.8 Å². The number of amides is 3. The van der Waals surface area contributed by atoms with E-state index in [2.05, 4.69) is 5.32 Å². The van der Waals surface area contributed by atoms with E-state index in [1.165, 1.54) is 9.91 Å². The number of hydrogen-bond acceptors (Lipinski definition) is 6. The number of nitrogens with zero attached hydrogens (tertiary/aromatic N) is 3. The van der Waals surface area contributed by atoms with Crippen LogP contribution in [0.15, 0.2) is 60.7 Å². The second kappa shape index (κ2) is 13.2. The normalized spacial score (nSPS) is 13.1. The van der Waals surface area contributed by atoms with Crippen molar-refractivity contribution in [1.82, 2.24) is 20.2 Å². The van der Waals surface area contributed by atoms with Crippen LogP contribution in [0, 0.1) is 0 Å². The summed E-state index contributed by atoms with van der Waals surface area (Å²) >= 11 is 0. The number of hydrazine groups is 1. The van der Waals surface area contributed by atoms with E-state index in [0.717, 1.165) is 11.1 Å². The summed E-state index contributed by atoms with van der Waals surface area (Å²) in [6.07, 6.45) is 0.314. The van der Waals surface area contributed by atoms with E-state index in [0.29, 0.717) is 6.42 Å². The lowest BCUT2D eigenvalue weighted by Crippen LogP contribution is -2.60. The molecule has 0 fully saturated rings. The Bertz CT molecular complexity index is 992. The molecule has 0 spiro atoms. The van der Waals surface area contributed by atoms with Crippen LogP contribution in [0.2, 0.25) is 0 Å². The van der Waals surface area contributed by atoms with Gasteiger partial charge in [-0.3, -0.25) is 19.4 Å². The maximum absolute atomic E-state index is 13.7. The highest BCUT2D eigenvalue weighted by Gasteiger charge is 2.36. The third-order valence-corrected chi connectivity index (χ3v) is 5.88. The molecule has 3 N–H and O–H groups in total. The van der Waals surface area contributed by atoms with Crippen LogP contribution in [0.5, 0.6) is 0 Å². The van der Waals surface area contributed by atoms with Crippen LogP contribution in [0.3, 0.4) is 0 Å². The largest absolute Gasteiger partial charge is 0.374 e. The van der Waals surface area contributed by atoms with Gasteiger partial charge in [0.1, 0.15) is 12.1 Å². The van der Waals surface area contributed by atoms with Gasteiger partial charge in [-0.05, 0) is 25.0 Å². The fraction of sp³-hybridized carbons (Fsp3) is 0.444. The van der Waals surface area contributed by atoms with Crippen molar-refractivity contribution in [2.75, 3.05) is 34.8 Å². The van der Waals surface area contributed by atoms with Gasteiger partial charge < -0.3 is 20.7 Å². The SMILES string of the molecule is CN(C(=O)C(COCc1ccccc1)NC(=O)C(C)(C)N)[C@H](Cc1ccccc1)C(=O)N(C)N(C)C. The predicted octanol–water partition coefficient (Wildman–Crippen LogP) is 1.43. The van der Waals surface area contributed by atoms with Crippen molar-refractivity contribution >= 4 is 17.7 Å². The van der Waals surface area contributed by atoms with Gasteiger partial charge in [-0.1, -0.05) is 60.7 Å². The Labute approximate surface area is 214 Å². The van der Waals surface area contributed by atoms with Crippen LogP contribution in [-0.2, 0) is 32.1 Å². The highest BCUT2D eigenvalue weighted by Crippen LogP contribution is 2.14. The van der Waals surface area contributed by atoms with Gasteiger partial charge in [-0.2, -0.15) is 0 Å². The van der Waals surface area contributed by atoms with Crippen LogP contribution in [0.1, 0.15) is 25.0 Å². The molecule has 0 aromatic heterocycles. The molecule has 0 aliphatic rings. The van der Waals surface area contributed by atoms with E-state index in [9.17, 15) is 14.4 Å². The molecule has 2 aromatic carbocycles. The number of carbonyl (C=O) groups is 3. The number of likely N-dealkylation sites (N-methyl/N-ethyl adjacent to an activating group) is 2. The van der Waals surface area contributed by atoms with Crippen molar-refractivity contribution in [2.24, 2.45) is 5.73 Å². The lowest BCUT2D eigenvalue weighted by Gasteiger charge is -2.35. The van der Waals surface area contributed by atoms with E-state index in [1.54, 1.807) is 47.0 Å². The summed E-state index contributed by atoms with van der Waals surface area (Å²) in [6.45, 7) is 3.32. The van der Waals surface area contributed by atoms with Gasteiger partial charge in [0, 0.05) is 34.6 Å². The number of rotatable bonds is 12. The van der Waals surface area contributed by atoms with Gasteiger partial charge in [-0.15, -0.1) is 0 Å². The maximum atomic E-state index is 13.7. The molecule has 0 heterocycles. The second-order valence-corrected chi connectivity index (χ2v) is 9.61. The summed E-state index contributed by atoms with van der Waals surface area (Å²) in [5.41, 5.74) is 6.62. The van der Waals surface area contributed by atoms with Gasteiger partial charge >= 0.3 is 0 Å². The molecule has 2 aromatic rings. The third-order valence-electron chi connectivity index (χ3n) is 5.88. The van der Waals surface area contributed by atoms with Crippen LogP contribution in [0.4, 0.5) is 0 Å². The molecule has 2 atom stereocenters. The Kier molecular flexibility index (Phi) is 10.6. The van der Waals surface area contributed by atoms with Crippen LogP contribution in [-0.4, -0.2) is 85.1 Å². The summed E-state index contributed by atoms with van der Waals surface area (Å²) in [5.74, 6) is -1.19. The Balaban J connectivity index is 2.28. The molecule has 1 unspecified atom stereocenters. The average molecular weight is 498 g/mol. The number of nitrogens with two attached hydrogens (primary N) is 1. The summed E-state index contributed by atoms with van der Waals surface area (Å²) < 4.78 is 5.80. The number of hydrogen-bond donors (Lipinski definition) is 2. The van der Waals surface area contributed by atoms with Crippen molar-refractivity contribution in [3.63, 3.8) is 0 Å². The fourth-order valence-electron chi connectivity index (χ4n) is 3.43. The highest BCUT2D eigenvalue weighted by atomic mass is 16.5. The summed E-state index contributed by atoms with van der Waals surface area (Å²) in [4.78, 5) is 41.1. The zero-order chi connectivity index (χ0) is 26.9. The Hall–Kier alpha value is -3.27. The monoisotopic (exact) mass is 497 g/mol. The molecule has 9 heteroatoms. The third kappa shape index (κ3) is 8.44. The molecule has 2 rings (SSSR count). The predicted molar refractivity (Wildman–Crippen MR) is 139 cm³/mol. The molecular weight excluding hydrogens is 458 g/mol. The lowest BCUT2D eigenvalue weighted by molar-refractivity contribution is -0.153. The standard InChI is InChI=1S/C27H39N5O4/c1-27(2,28)26(35)29-22(19-36-18-21-15-11-8-12-16-21)24(33)31(5)23(25(34)32(6)30(3)4)17-20-13-9-7-10-14-20/h7-16,22-23H,17-19,28H2,1-6H3,(H,29,35)/t22?,23-/m1/s1. The summed E-state index contributed by atoms with van der Waals surface area (Å²) in [6, 6.07) is 17.2. The number of carbonyl (C=O) groups excluding carboxylic acids is 3. The van der Waals surface area contributed by atoms with E-state index >= 15 is 0 Å². The van der Waals surface area contributed by atoms with Crippen molar-refractivity contribution in [1.29, 1.82) is 0 Å². The number of benzene rings is 2. The van der Waals surface area contributed by atoms with Crippen molar-refractivity contribution in [2.45, 2.75) is 44.5 Å².